The minimum atomic E-state index is -1.57. The molecule has 0 amide bonds. The van der Waals surface area contributed by atoms with Crippen molar-refractivity contribution in [3.05, 3.63) is 84.4 Å². The van der Waals surface area contributed by atoms with Crippen LogP contribution in [0, 0.1) is 0 Å². The minimum Gasteiger partial charge on any atom is -0.478 e. The van der Waals surface area contributed by atoms with Crippen LogP contribution >= 0.6 is 0 Å². The van der Waals surface area contributed by atoms with Gasteiger partial charge in [0.2, 0.25) is 12.4 Å². The quantitative estimate of drug-likeness (QED) is 0.324. The van der Waals surface area contributed by atoms with Crippen LogP contribution in [0.3, 0.4) is 0 Å². The fourth-order valence-corrected chi connectivity index (χ4v) is 3.86. The fraction of sp³-hybridized carbons (Fsp3) is 0.269. The van der Waals surface area contributed by atoms with Gasteiger partial charge in [0, 0.05) is 11.1 Å². The second kappa shape index (κ2) is 10.9. The van der Waals surface area contributed by atoms with Gasteiger partial charge in [-0.2, -0.15) is 0 Å². The summed E-state index contributed by atoms with van der Waals surface area (Å²) in [5, 5.41) is 49.5. The van der Waals surface area contributed by atoms with Crippen LogP contribution < -0.4 is 9.47 Å². The smallest absolute Gasteiger partial charge is 0.349 e. The van der Waals surface area contributed by atoms with E-state index in [9.17, 15) is 30.3 Å². The predicted octanol–water partition coefficient (Wildman–Crippen LogP) is 1.74. The molecule has 0 saturated carbocycles. The number of aliphatic hydroxyl groups is 4. The second-order valence-electron chi connectivity index (χ2n) is 8.09. The Morgan fingerprint density at radius 3 is 2.31 bits per heavy atom. The van der Waals surface area contributed by atoms with Gasteiger partial charge in [0.25, 0.3) is 0 Å². The summed E-state index contributed by atoms with van der Waals surface area (Å²) in [5.41, 5.74) is 1.72. The van der Waals surface area contributed by atoms with Gasteiger partial charge in [-0.25, -0.2) is 4.79 Å². The predicted molar refractivity (Wildman–Crippen MR) is 124 cm³/mol. The zero-order valence-corrected chi connectivity index (χ0v) is 18.5. The van der Waals surface area contributed by atoms with Crippen molar-refractivity contribution < 1.29 is 44.5 Å². The third-order valence-corrected chi connectivity index (χ3v) is 5.70. The van der Waals surface area contributed by atoms with Crippen molar-refractivity contribution in [3.8, 4) is 22.6 Å². The Morgan fingerprint density at radius 2 is 1.60 bits per heavy atom. The van der Waals surface area contributed by atoms with Gasteiger partial charge in [0.15, 0.2) is 0 Å². The Kier molecular flexibility index (Phi) is 7.64. The molecule has 3 aromatic carbocycles. The number of hydrogen-bond acceptors (Lipinski definition) is 8. The largest absolute Gasteiger partial charge is 0.478 e. The molecule has 184 valence electrons. The SMILES string of the molecule is O=C(O)C(Oc1cccc(-c2ccccc2O[C@H]2O[C@H](CO)[C@@H](O)[C@H](O)[C@@H]2O)c1)c1ccccc1. The Labute approximate surface area is 201 Å². The van der Waals surface area contributed by atoms with Crippen molar-refractivity contribution in [1.82, 2.24) is 0 Å². The van der Waals surface area contributed by atoms with E-state index in [1.54, 1.807) is 78.9 Å². The molecule has 4 rings (SSSR count). The third kappa shape index (κ3) is 5.45. The van der Waals surface area contributed by atoms with E-state index in [1.807, 2.05) is 0 Å². The van der Waals surface area contributed by atoms with E-state index in [-0.39, 0.29) is 0 Å². The van der Waals surface area contributed by atoms with Crippen LogP contribution in [0.4, 0.5) is 0 Å². The lowest BCUT2D eigenvalue weighted by Gasteiger charge is -2.39. The number of para-hydroxylation sites is 1. The molecule has 5 N–H and O–H groups in total. The summed E-state index contributed by atoms with van der Waals surface area (Å²) >= 11 is 0. The summed E-state index contributed by atoms with van der Waals surface area (Å²) in [4.78, 5) is 11.8. The van der Waals surface area contributed by atoms with Gasteiger partial charge in [-0.1, -0.05) is 60.7 Å². The zero-order valence-electron chi connectivity index (χ0n) is 18.5. The molecule has 1 saturated heterocycles. The number of rotatable bonds is 8. The maximum atomic E-state index is 11.8. The average Bonchev–Trinajstić information content (AvgIpc) is 2.88. The molecule has 0 spiro atoms. The normalized spacial score (nSPS) is 25.0. The lowest BCUT2D eigenvalue weighted by molar-refractivity contribution is -0.277. The van der Waals surface area contributed by atoms with Crippen molar-refractivity contribution in [2.75, 3.05) is 6.61 Å². The Bertz CT molecular complexity index is 1130. The molecule has 1 aliphatic heterocycles. The van der Waals surface area contributed by atoms with E-state index < -0.39 is 49.4 Å². The lowest BCUT2D eigenvalue weighted by Crippen LogP contribution is -2.60. The van der Waals surface area contributed by atoms with Crippen LogP contribution in [0.5, 0.6) is 11.5 Å². The Balaban J connectivity index is 1.59. The standard InChI is InChI=1S/C26H26O9/c27-14-20-21(28)22(29)23(30)26(35-20)34-19-12-5-4-11-18(19)16-9-6-10-17(13-16)33-24(25(31)32)15-7-2-1-3-8-15/h1-13,20-24,26-30H,14H2,(H,31,32)/t20-,21-,22+,23+,24?,26+/m1/s1. The molecule has 3 aromatic rings. The van der Waals surface area contributed by atoms with Gasteiger partial charge >= 0.3 is 5.97 Å². The van der Waals surface area contributed by atoms with Gasteiger partial charge < -0.3 is 39.7 Å². The third-order valence-electron chi connectivity index (χ3n) is 5.70. The molecule has 1 unspecified atom stereocenters. The van der Waals surface area contributed by atoms with Gasteiger partial charge in [-0.15, -0.1) is 0 Å². The molecule has 1 fully saturated rings. The van der Waals surface area contributed by atoms with Crippen LogP contribution in [0.15, 0.2) is 78.9 Å². The van der Waals surface area contributed by atoms with Crippen molar-refractivity contribution >= 4 is 5.97 Å². The topological polar surface area (TPSA) is 146 Å². The number of ether oxygens (including phenoxy) is 3. The molecule has 1 heterocycles. The first-order valence-electron chi connectivity index (χ1n) is 11.0. The van der Waals surface area contributed by atoms with Crippen molar-refractivity contribution in [3.63, 3.8) is 0 Å². The average molecular weight is 482 g/mol. The molecule has 9 nitrogen and oxygen atoms in total. The van der Waals surface area contributed by atoms with Crippen LogP contribution in [0.25, 0.3) is 11.1 Å². The fourth-order valence-electron chi connectivity index (χ4n) is 3.86. The van der Waals surface area contributed by atoms with Crippen LogP contribution in [0.2, 0.25) is 0 Å². The Hall–Kier alpha value is -3.47. The summed E-state index contributed by atoms with van der Waals surface area (Å²) in [5.74, 6) is -0.513. The zero-order chi connectivity index (χ0) is 24.9. The highest BCUT2D eigenvalue weighted by atomic mass is 16.7. The molecule has 1 aliphatic rings. The second-order valence-corrected chi connectivity index (χ2v) is 8.09. The van der Waals surface area contributed by atoms with Crippen LogP contribution in [-0.2, 0) is 9.53 Å². The number of carbonyl (C=O) groups is 1. The van der Waals surface area contributed by atoms with E-state index in [0.717, 1.165) is 0 Å². The molecule has 0 aliphatic carbocycles. The number of aliphatic hydroxyl groups excluding tert-OH is 4. The van der Waals surface area contributed by atoms with Crippen molar-refractivity contribution in [1.29, 1.82) is 0 Å². The highest BCUT2D eigenvalue weighted by Crippen LogP contribution is 2.35. The number of hydrogen-bond donors (Lipinski definition) is 5. The maximum Gasteiger partial charge on any atom is 0.349 e. The van der Waals surface area contributed by atoms with Gasteiger partial charge in [-0.05, 0) is 23.8 Å². The van der Waals surface area contributed by atoms with Gasteiger partial charge in [0.05, 0.1) is 6.61 Å². The number of carboxylic acid groups (broad SMARTS) is 1. The summed E-state index contributed by atoms with van der Waals surface area (Å²) in [6.07, 6.45) is -8.27. The van der Waals surface area contributed by atoms with Crippen molar-refractivity contribution in [2.45, 2.75) is 36.8 Å². The molecule has 0 bridgehead atoms. The number of carboxylic acids is 1. The van der Waals surface area contributed by atoms with E-state index in [4.69, 9.17) is 14.2 Å². The molecule has 35 heavy (non-hydrogen) atoms. The van der Waals surface area contributed by atoms with Gasteiger partial charge in [0.1, 0.15) is 35.9 Å². The maximum absolute atomic E-state index is 11.8. The minimum absolute atomic E-state index is 0.298. The monoisotopic (exact) mass is 482 g/mol. The highest BCUT2D eigenvalue weighted by molar-refractivity contribution is 5.75. The number of aliphatic carboxylic acids is 1. The first kappa shape index (κ1) is 24.6. The van der Waals surface area contributed by atoms with Crippen LogP contribution in [-0.4, -0.2) is 68.8 Å². The first-order valence-corrected chi connectivity index (χ1v) is 11.0. The molecule has 0 radical (unpaired) electrons. The summed E-state index contributed by atoms with van der Waals surface area (Å²) in [6, 6.07) is 22.3. The van der Waals surface area contributed by atoms with Gasteiger partial charge in [-0.3, -0.25) is 0 Å². The van der Waals surface area contributed by atoms with E-state index in [2.05, 4.69) is 0 Å². The summed E-state index contributed by atoms with van der Waals surface area (Å²) < 4.78 is 17.1. The molecule has 9 heteroatoms. The van der Waals surface area contributed by atoms with E-state index in [0.29, 0.717) is 28.2 Å². The highest BCUT2D eigenvalue weighted by Gasteiger charge is 2.44. The molecule has 6 atom stereocenters. The van der Waals surface area contributed by atoms with E-state index in [1.165, 1.54) is 0 Å². The van der Waals surface area contributed by atoms with Crippen molar-refractivity contribution in [2.24, 2.45) is 0 Å². The Morgan fingerprint density at radius 1 is 0.886 bits per heavy atom. The first-order chi connectivity index (χ1) is 16.9. The van der Waals surface area contributed by atoms with E-state index >= 15 is 0 Å². The summed E-state index contributed by atoms with van der Waals surface area (Å²) in [7, 11) is 0. The molecular weight excluding hydrogens is 456 g/mol. The lowest BCUT2D eigenvalue weighted by atomic mass is 9.99. The molecular formula is C26H26O9. The van der Waals surface area contributed by atoms with Crippen LogP contribution in [0.1, 0.15) is 11.7 Å². The number of benzene rings is 3. The molecule has 0 aromatic heterocycles. The summed E-state index contributed by atoms with van der Waals surface area (Å²) in [6.45, 7) is -0.571.